The summed E-state index contributed by atoms with van der Waals surface area (Å²) in [6.45, 7) is 5.56. The third-order valence-corrected chi connectivity index (χ3v) is 6.24. The molecule has 8 heteroatoms. The van der Waals surface area contributed by atoms with Crippen molar-refractivity contribution in [2.75, 3.05) is 13.2 Å². The summed E-state index contributed by atoms with van der Waals surface area (Å²) in [5.74, 6) is 0.548. The largest absolute Gasteiger partial charge is 0.474 e. The Balaban J connectivity index is 1.51. The van der Waals surface area contributed by atoms with Crippen LogP contribution in [0, 0.1) is 0 Å². The van der Waals surface area contributed by atoms with Crippen LogP contribution in [0.15, 0.2) is 24.5 Å². The molecule has 1 saturated carbocycles. The van der Waals surface area contributed by atoms with Crippen LogP contribution in [0.4, 0.5) is 0 Å². The van der Waals surface area contributed by atoms with Gasteiger partial charge in [0.05, 0.1) is 24.1 Å². The number of amides is 1. The highest BCUT2D eigenvalue weighted by molar-refractivity contribution is 5.99. The molecule has 0 unspecified atom stereocenters. The highest BCUT2D eigenvalue weighted by atomic mass is 16.5. The Kier molecular flexibility index (Phi) is 5.40. The Morgan fingerprint density at radius 3 is 2.81 bits per heavy atom. The fourth-order valence-corrected chi connectivity index (χ4v) is 4.22. The third kappa shape index (κ3) is 3.92. The van der Waals surface area contributed by atoms with Gasteiger partial charge >= 0.3 is 0 Å². The van der Waals surface area contributed by atoms with E-state index >= 15 is 0 Å². The van der Waals surface area contributed by atoms with Crippen LogP contribution in [0.5, 0.6) is 5.88 Å². The highest BCUT2D eigenvalue weighted by Gasteiger charge is 2.25. The van der Waals surface area contributed by atoms with Gasteiger partial charge in [-0.3, -0.25) is 9.89 Å². The fourth-order valence-electron chi connectivity index (χ4n) is 4.22. The van der Waals surface area contributed by atoms with Crippen molar-refractivity contribution in [3.8, 4) is 17.1 Å². The van der Waals surface area contributed by atoms with Gasteiger partial charge < -0.3 is 19.4 Å². The van der Waals surface area contributed by atoms with Crippen molar-refractivity contribution in [2.45, 2.75) is 64.1 Å². The topological polar surface area (TPSA) is 94.1 Å². The maximum Gasteiger partial charge on any atom is 0.268 e. The van der Waals surface area contributed by atoms with Gasteiger partial charge in [0, 0.05) is 42.9 Å². The number of nitrogens with zero attached hydrogens (tertiary/aromatic N) is 3. The van der Waals surface area contributed by atoms with Crippen molar-refractivity contribution in [1.29, 1.82) is 0 Å². The zero-order chi connectivity index (χ0) is 21.4. The van der Waals surface area contributed by atoms with Gasteiger partial charge in [-0.1, -0.05) is 0 Å². The molecule has 3 aromatic rings. The van der Waals surface area contributed by atoms with Crippen LogP contribution in [0.25, 0.3) is 22.2 Å². The molecule has 2 N–H and O–H groups in total. The van der Waals surface area contributed by atoms with Crippen molar-refractivity contribution in [2.24, 2.45) is 0 Å². The molecule has 1 amide bonds. The van der Waals surface area contributed by atoms with Crippen LogP contribution < -0.4 is 10.1 Å². The van der Waals surface area contributed by atoms with Crippen LogP contribution in [0.3, 0.4) is 0 Å². The Morgan fingerprint density at radius 1 is 1.29 bits per heavy atom. The molecule has 0 bridgehead atoms. The molecule has 1 aliphatic carbocycles. The van der Waals surface area contributed by atoms with E-state index in [1.807, 2.05) is 22.9 Å². The maximum absolute atomic E-state index is 12.9. The van der Waals surface area contributed by atoms with Crippen molar-refractivity contribution < 1.29 is 14.3 Å². The van der Waals surface area contributed by atoms with E-state index in [9.17, 15) is 4.79 Å². The van der Waals surface area contributed by atoms with Gasteiger partial charge in [0.25, 0.3) is 5.91 Å². The number of hydrogen-bond donors (Lipinski definition) is 2. The third-order valence-electron chi connectivity index (χ3n) is 6.24. The molecule has 0 spiro atoms. The molecule has 1 aliphatic heterocycles. The second-order valence-electron chi connectivity index (χ2n) is 8.76. The number of nitrogens with one attached hydrogen (secondary N) is 2. The van der Waals surface area contributed by atoms with Gasteiger partial charge in [-0.2, -0.15) is 5.10 Å². The summed E-state index contributed by atoms with van der Waals surface area (Å²) in [5, 5.41) is 11.7. The molecular formula is C23H29N5O3. The summed E-state index contributed by atoms with van der Waals surface area (Å²) in [7, 11) is 0. The average Bonchev–Trinajstić information content (AvgIpc) is 3.36. The number of hydrogen-bond acceptors (Lipinski definition) is 5. The summed E-state index contributed by atoms with van der Waals surface area (Å²) < 4.78 is 13.7. The second-order valence-corrected chi connectivity index (χ2v) is 8.76. The van der Waals surface area contributed by atoms with Crippen molar-refractivity contribution in [3.05, 3.63) is 30.2 Å². The molecule has 0 atom stereocenters. The van der Waals surface area contributed by atoms with E-state index in [0.717, 1.165) is 47.8 Å². The van der Waals surface area contributed by atoms with E-state index in [1.54, 1.807) is 6.20 Å². The van der Waals surface area contributed by atoms with Gasteiger partial charge in [0.2, 0.25) is 5.88 Å². The lowest BCUT2D eigenvalue weighted by molar-refractivity contribution is 0.0244. The SMILES string of the molecule is CC(C)n1cc(-c2n[nH]c3ccnc(OC4CCOCC4)c23)cc1C(=O)NC1CCC1. The van der Waals surface area contributed by atoms with E-state index < -0.39 is 0 Å². The van der Waals surface area contributed by atoms with Crippen LogP contribution in [0.1, 0.15) is 62.5 Å². The molecule has 0 radical (unpaired) electrons. The lowest BCUT2D eigenvalue weighted by atomic mass is 9.93. The molecule has 8 nitrogen and oxygen atoms in total. The van der Waals surface area contributed by atoms with Crippen LogP contribution in [-0.2, 0) is 4.74 Å². The lowest BCUT2D eigenvalue weighted by Gasteiger charge is -2.26. The number of ether oxygens (including phenoxy) is 2. The minimum Gasteiger partial charge on any atom is -0.474 e. The molecule has 31 heavy (non-hydrogen) atoms. The van der Waals surface area contributed by atoms with Gasteiger partial charge in [-0.05, 0) is 45.2 Å². The Bertz CT molecular complexity index is 1080. The van der Waals surface area contributed by atoms with E-state index in [2.05, 4.69) is 34.3 Å². The molecule has 0 aromatic carbocycles. The zero-order valence-electron chi connectivity index (χ0n) is 18.1. The van der Waals surface area contributed by atoms with E-state index in [0.29, 0.717) is 30.8 Å². The normalized spacial score (nSPS) is 17.8. The summed E-state index contributed by atoms with van der Waals surface area (Å²) >= 11 is 0. The predicted octanol–water partition coefficient (Wildman–Crippen LogP) is 3.85. The number of carbonyl (C=O) groups is 1. The van der Waals surface area contributed by atoms with Crippen molar-refractivity contribution >= 4 is 16.8 Å². The molecule has 164 valence electrons. The number of rotatable bonds is 6. The highest BCUT2D eigenvalue weighted by Crippen LogP contribution is 2.35. The Labute approximate surface area is 181 Å². The summed E-state index contributed by atoms with van der Waals surface area (Å²) in [6, 6.07) is 4.26. The van der Waals surface area contributed by atoms with Crippen molar-refractivity contribution in [1.82, 2.24) is 25.1 Å². The Hall–Kier alpha value is -2.87. The summed E-state index contributed by atoms with van der Waals surface area (Å²) in [4.78, 5) is 17.4. The van der Waals surface area contributed by atoms with Crippen LogP contribution in [0.2, 0.25) is 0 Å². The lowest BCUT2D eigenvalue weighted by Crippen LogP contribution is -2.40. The first-order valence-corrected chi connectivity index (χ1v) is 11.2. The molecule has 1 saturated heterocycles. The van der Waals surface area contributed by atoms with Crippen LogP contribution in [-0.4, -0.2) is 51.0 Å². The molecular weight excluding hydrogens is 394 g/mol. The maximum atomic E-state index is 12.9. The van der Waals surface area contributed by atoms with Gasteiger partial charge in [-0.25, -0.2) is 4.98 Å². The minimum atomic E-state index is -0.0266. The fraction of sp³-hybridized carbons (Fsp3) is 0.522. The number of pyridine rings is 1. The number of fused-ring (bicyclic) bond motifs is 1. The van der Waals surface area contributed by atoms with E-state index in [1.165, 1.54) is 6.42 Å². The monoisotopic (exact) mass is 423 g/mol. The molecule has 2 fully saturated rings. The first kappa shape index (κ1) is 20.1. The first-order valence-electron chi connectivity index (χ1n) is 11.2. The molecule has 4 heterocycles. The molecule has 2 aliphatic rings. The number of aromatic amines is 1. The number of H-pyrrole nitrogens is 1. The number of aromatic nitrogens is 4. The average molecular weight is 424 g/mol. The van der Waals surface area contributed by atoms with E-state index in [-0.39, 0.29) is 18.1 Å². The van der Waals surface area contributed by atoms with Gasteiger partial charge in [0.15, 0.2) is 0 Å². The predicted molar refractivity (Wildman–Crippen MR) is 117 cm³/mol. The van der Waals surface area contributed by atoms with Gasteiger partial charge in [0.1, 0.15) is 17.5 Å². The second kappa shape index (κ2) is 8.34. The molecule has 5 rings (SSSR count). The smallest absolute Gasteiger partial charge is 0.268 e. The van der Waals surface area contributed by atoms with Crippen molar-refractivity contribution in [3.63, 3.8) is 0 Å². The van der Waals surface area contributed by atoms with Gasteiger partial charge in [-0.15, -0.1) is 0 Å². The van der Waals surface area contributed by atoms with E-state index in [4.69, 9.17) is 9.47 Å². The van der Waals surface area contributed by atoms with Crippen LogP contribution >= 0.6 is 0 Å². The quantitative estimate of drug-likeness (QED) is 0.628. The number of carbonyl (C=O) groups excluding carboxylic acids is 1. The standard InChI is InChI=1S/C23H29N5O3/c1-14(2)28-13-15(12-19(28)22(29)25-16-4-3-5-16)21-20-18(26-27-21)6-9-24-23(20)31-17-7-10-30-11-8-17/h6,9,12-14,16-17H,3-5,7-8,10-11H2,1-2H3,(H,25,29)(H,26,27). The molecule has 3 aromatic heterocycles. The Morgan fingerprint density at radius 2 is 2.10 bits per heavy atom. The minimum absolute atomic E-state index is 0.0266. The summed E-state index contributed by atoms with van der Waals surface area (Å²) in [6.07, 6.45) is 8.81. The summed E-state index contributed by atoms with van der Waals surface area (Å²) in [5.41, 5.74) is 3.15. The first-order chi connectivity index (χ1) is 15.1. The zero-order valence-corrected chi connectivity index (χ0v) is 18.1.